The maximum Gasteiger partial charge on any atom is 0.191 e. The van der Waals surface area contributed by atoms with Crippen LogP contribution >= 0.6 is 0 Å². The van der Waals surface area contributed by atoms with Gasteiger partial charge in [-0.2, -0.15) is 0 Å². The van der Waals surface area contributed by atoms with E-state index in [0.717, 1.165) is 13.0 Å². The Hall–Kier alpha value is -1.56. The molecule has 0 bridgehead atoms. The highest BCUT2D eigenvalue weighted by Crippen LogP contribution is 2.11. The summed E-state index contributed by atoms with van der Waals surface area (Å²) in [4.78, 5) is 4.15. The fourth-order valence-electron chi connectivity index (χ4n) is 2.49. The van der Waals surface area contributed by atoms with E-state index in [1.165, 1.54) is 11.1 Å². The van der Waals surface area contributed by atoms with Crippen LogP contribution in [0.2, 0.25) is 0 Å². The molecule has 0 spiro atoms. The first-order chi connectivity index (χ1) is 9.98. The van der Waals surface area contributed by atoms with Crippen molar-refractivity contribution in [3.05, 3.63) is 35.4 Å². The van der Waals surface area contributed by atoms with E-state index in [4.69, 9.17) is 0 Å². The Bertz CT molecular complexity index is 611. The van der Waals surface area contributed by atoms with Crippen LogP contribution in [0.15, 0.2) is 29.3 Å². The third-order valence-corrected chi connectivity index (χ3v) is 5.35. The Morgan fingerprint density at radius 3 is 2.86 bits per heavy atom. The Labute approximate surface area is 126 Å². The van der Waals surface area contributed by atoms with E-state index in [2.05, 4.69) is 46.8 Å². The molecule has 1 atom stereocenters. The van der Waals surface area contributed by atoms with Crippen molar-refractivity contribution in [1.29, 1.82) is 0 Å². The first-order valence-corrected chi connectivity index (χ1v) is 9.04. The van der Waals surface area contributed by atoms with Gasteiger partial charge in [0.2, 0.25) is 0 Å². The minimum Gasteiger partial charge on any atom is -0.356 e. The van der Waals surface area contributed by atoms with Gasteiger partial charge in [-0.15, -0.1) is 0 Å². The molecule has 1 aliphatic rings. The van der Waals surface area contributed by atoms with Crippen LogP contribution in [0.25, 0.3) is 0 Å². The standard InChI is InChI=1S/C15H23N3O2S/c1-12-4-3-5-13(10-12)6-8-17-15(16-2)18-14-7-9-21(19,20)11-14/h3-5,10,14H,6-9,11H2,1-2H3,(H2,16,17,18). The van der Waals surface area contributed by atoms with Crippen molar-refractivity contribution in [3.8, 4) is 0 Å². The van der Waals surface area contributed by atoms with Gasteiger partial charge < -0.3 is 10.6 Å². The number of nitrogens with zero attached hydrogens (tertiary/aromatic N) is 1. The average Bonchev–Trinajstić information content (AvgIpc) is 2.77. The largest absolute Gasteiger partial charge is 0.356 e. The van der Waals surface area contributed by atoms with Crippen LogP contribution in [0.5, 0.6) is 0 Å². The smallest absolute Gasteiger partial charge is 0.191 e. The lowest BCUT2D eigenvalue weighted by Gasteiger charge is -2.16. The van der Waals surface area contributed by atoms with Crippen LogP contribution in [0.1, 0.15) is 17.5 Å². The van der Waals surface area contributed by atoms with Gasteiger partial charge >= 0.3 is 0 Å². The lowest BCUT2D eigenvalue weighted by molar-refractivity contribution is 0.599. The summed E-state index contributed by atoms with van der Waals surface area (Å²) < 4.78 is 22.9. The highest BCUT2D eigenvalue weighted by molar-refractivity contribution is 7.91. The third kappa shape index (κ3) is 5.04. The minimum absolute atomic E-state index is 0.0276. The Morgan fingerprint density at radius 2 is 2.24 bits per heavy atom. The SMILES string of the molecule is CN=C(NCCc1cccc(C)c1)NC1CCS(=O)(=O)C1. The normalized spacial score (nSPS) is 21.2. The van der Waals surface area contributed by atoms with Crippen molar-refractivity contribution in [1.82, 2.24) is 10.6 Å². The molecule has 0 saturated carbocycles. The molecule has 1 aromatic carbocycles. The zero-order chi connectivity index (χ0) is 15.3. The van der Waals surface area contributed by atoms with Crippen LogP contribution in [0.3, 0.4) is 0 Å². The fraction of sp³-hybridized carbons (Fsp3) is 0.533. The molecule has 0 amide bonds. The molecular weight excluding hydrogens is 286 g/mol. The number of benzene rings is 1. The van der Waals surface area contributed by atoms with Crippen LogP contribution < -0.4 is 10.6 Å². The summed E-state index contributed by atoms with van der Waals surface area (Å²) in [6.07, 6.45) is 1.56. The number of aliphatic imine (C=N–C) groups is 1. The van der Waals surface area contributed by atoms with E-state index < -0.39 is 9.84 Å². The third-order valence-electron chi connectivity index (χ3n) is 3.59. The fourth-order valence-corrected chi connectivity index (χ4v) is 4.16. The number of nitrogens with one attached hydrogen (secondary N) is 2. The summed E-state index contributed by atoms with van der Waals surface area (Å²) in [7, 11) is -1.16. The molecule has 2 rings (SSSR count). The first kappa shape index (κ1) is 15.8. The van der Waals surface area contributed by atoms with Crippen molar-refractivity contribution in [2.24, 2.45) is 4.99 Å². The number of hydrogen-bond donors (Lipinski definition) is 2. The molecule has 21 heavy (non-hydrogen) atoms. The molecule has 5 nitrogen and oxygen atoms in total. The van der Waals surface area contributed by atoms with Crippen molar-refractivity contribution in [3.63, 3.8) is 0 Å². The Balaban J connectivity index is 1.78. The van der Waals surface area contributed by atoms with E-state index in [1.54, 1.807) is 7.05 Å². The highest BCUT2D eigenvalue weighted by Gasteiger charge is 2.28. The maximum atomic E-state index is 11.4. The minimum atomic E-state index is -2.86. The lowest BCUT2D eigenvalue weighted by atomic mass is 10.1. The molecule has 0 aliphatic carbocycles. The van der Waals surface area contributed by atoms with Crippen molar-refractivity contribution < 1.29 is 8.42 Å². The van der Waals surface area contributed by atoms with E-state index in [1.807, 2.05) is 0 Å². The average molecular weight is 309 g/mol. The van der Waals surface area contributed by atoms with Gasteiger partial charge in [0.15, 0.2) is 15.8 Å². The summed E-state index contributed by atoms with van der Waals surface area (Å²) in [5.74, 6) is 1.14. The van der Waals surface area contributed by atoms with Gasteiger partial charge in [0.25, 0.3) is 0 Å². The second-order valence-electron chi connectivity index (χ2n) is 5.48. The molecule has 1 saturated heterocycles. The van der Waals surface area contributed by atoms with Crippen LogP contribution in [-0.2, 0) is 16.3 Å². The predicted molar refractivity (Wildman–Crippen MR) is 86.4 cm³/mol. The molecule has 1 heterocycles. The number of hydrogen-bond acceptors (Lipinski definition) is 3. The molecule has 1 fully saturated rings. The van der Waals surface area contributed by atoms with Crippen LogP contribution in [0, 0.1) is 6.92 Å². The number of rotatable bonds is 4. The lowest BCUT2D eigenvalue weighted by Crippen LogP contribution is -2.44. The highest BCUT2D eigenvalue weighted by atomic mass is 32.2. The number of guanidine groups is 1. The zero-order valence-corrected chi connectivity index (χ0v) is 13.4. The van der Waals surface area contributed by atoms with Gasteiger partial charge in [0.1, 0.15) is 0 Å². The van der Waals surface area contributed by atoms with E-state index in [-0.39, 0.29) is 17.5 Å². The molecule has 1 unspecified atom stereocenters. The topological polar surface area (TPSA) is 70.6 Å². The molecule has 0 aromatic heterocycles. The van der Waals surface area contributed by atoms with Gasteiger partial charge in [-0.3, -0.25) is 4.99 Å². The van der Waals surface area contributed by atoms with Crippen LogP contribution in [-0.4, -0.2) is 45.5 Å². The summed E-state index contributed by atoms with van der Waals surface area (Å²) >= 11 is 0. The molecule has 1 aromatic rings. The van der Waals surface area contributed by atoms with Crippen molar-refractivity contribution in [2.75, 3.05) is 25.1 Å². The van der Waals surface area contributed by atoms with Gasteiger partial charge in [0, 0.05) is 19.6 Å². The van der Waals surface area contributed by atoms with Crippen molar-refractivity contribution >= 4 is 15.8 Å². The molecule has 2 N–H and O–H groups in total. The summed E-state index contributed by atoms with van der Waals surface area (Å²) in [5, 5.41) is 6.41. The maximum absolute atomic E-state index is 11.4. The predicted octanol–water partition coefficient (Wildman–Crippen LogP) is 0.890. The van der Waals surface area contributed by atoms with Gasteiger partial charge in [-0.1, -0.05) is 29.8 Å². The van der Waals surface area contributed by atoms with Gasteiger partial charge in [-0.05, 0) is 25.3 Å². The summed E-state index contributed by atoms with van der Waals surface area (Å²) in [6, 6.07) is 8.38. The van der Waals surface area contributed by atoms with Crippen molar-refractivity contribution in [2.45, 2.75) is 25.8 Å². The Kier molecular flexibility index (Phi) is 5.22. The van der Waals surface area contributed by atoms with E-state index in [9.17, 15) is 8.42 Å². The second kappa shape index (κ2) is 6.93. The van der Waals surface area contributed by atoms with E-state index in [0.29, 0.717) is 12.4 Å². The monoisotopic (exact) mass is 309 g/mol. The van der Waals surface area contributed by atoms with E-state index >= 15 is 0 Å². The first-order valence-electron chi connectivity index (χ1n) is 7.22. The van der Waals surface area contributed by atoms with Crippen LogP contribution in [0.4, 0.5) is 0 Å². The summed E-state index contributed by atoms with van der Waals surface area (Å²) in [6.45, 7) is 2.85. The van der Waals surface area contributed by atoms with Gasteiger partial charge in [-0.25, -0.2) is 8.42 Å². The van der Waals surface area contributed by atoms with Gasteiger partial charge in [0.05, 0.1) is 11.5 Å². The quantitative estimate of drug-likeness (QED) is 0.640. The number of aryl methyl sites for hydroxylation is 1. The molecule has 116 valence electrons. The molecule has 6 heteroatoms. The molecular formula is C15H23N3O2S. The zero-order valence-electron chi connectivity index (χ0n) is 12.6. The second-order valence-corrected chi connectivity index (χ2v) is 7.71. The summed E-state index contributed by atoms with van der Waals surface area (Å²) in [5.41, 5.74) is 2.53. The number of sulfone groups is 1. The molecule has 1 aliphatic heterocycles. The molecule has 0 radical (unpaired) electrons. The Morgan fingerprint density at radius 1 is 1.43 bits per heavy atom.